The Morgan fingerprint density at radius 3 is 2.44 bits per heavy atom. The van der Waals surface area contributed by atoms with Gasteiger partial charge in [0.25, 0.3) is 0 Å². The summed E-state index contributed by atoms with van der Waals surface area (Å²) in [7, 11) is 0. The van der Waals surface area contributed by atoms with Gasteiger partial charge in [-0.15, -0.1) is 4.68 Å². The molecule has 2 rings (SSSR count). The fourth-order valence-electron chi connectivity index (χ4n) is 2.01. The lowest BCUT2D eigenvalue weighted by molar-refractivity contribution is 0.193. The minimum Gasteiger partial charge on any atom is -0.463 e. The van der Waals surface area contributed by atoms with Gasteiger partial charge in [0, 0.05) is 11.5 Å². The van der Waals surface area contributed by atoms with E-state index >= 15 is 0 Å². The van der Waals surface area contributed by atoms with Gasteiger partial charge in [0.05, 0.1) is 5.69 Å². The first-order valence-electron chi connectivity index (χ1n) is 5.44. The normalized spacial score (nSPS) is 16.4. The number of aromatic nitrogens is 2. The lowest BCUT2D eigenvalue weighted by Gasteiger charge is -2.19. The van der Waals surface area contributed by atoms with Gasteiger partial charge in [0.1, 0.15) is 5.82 Å². The van der Waals surface area contributed by atoms with Crippen LogP contribution >= 0.6 is 0 Å². The number of rotatable bonds is 1. The molecule has 5 heteroatoms. The van der Waals surface area contributed by atoms with Gasteiger partial charge in [0.15, 0.2) is 0 Å². The predicted octanol–water partition coefficient (Wildman–Crippen LogP) is 2.17. The second-order valence-electron chi connectivity index (χ2n) is 5.36. The zero-order valence-electron chi connectivity index (χ0n) is 9.82. The van der Waals surface area contributed by atoms with Crippen molar-refractivity contribution >= 4 is 11.9 Å². The van der Waals surface area contributed by atoms with E-state index in [4.69, 9.17) is 10.8 Å². The van der Waals surface area contributed by atoms with Crippen molar-refractivity contribution in [3.05, 3.63) is 11.3 Å². The standard InChI is InChI=1S/C11H17N3O2/c1-11(2,3)7-8(6-4-5-6)13-14(9(7)12)10(15)16/h6H,4-5,12H2,1-3H3,(H,15,16). The molecule has 1 aliphatic carbocycles. The molecular formula is C11H17N3O2. The third-order valence-electron chi connectivity index (χ3n) is 2.84. The molecule has 1 heterocycles. The van der Waals surface area contributed by atoms with Crippen LogP contribution in [0.25, 0.3) is 0 Å². The third kappa shape index (κ3) is 1.66. The Bertz CT molecular complexity index is 439. The van der Waals surface area contributed by atoms with E-state index in [0.29, 0.717) is 5.92 Å². The highest BCUT2D eigenvalue weighted by atomic mass is 16.4. The lowest BCUT2D eigenvalue weighted by Crippen LogP contribution is -2.17. The number of carboxylic acid groups (broad SMARTS) is 1. The number of carbonyl (C=O) groups is 1. The van der Waals surface area contributed by atoms with Gasteiger partial charge in [-0.1, -0.05) is 20.8 Å². The summed E-state index contributed by atoms with van der Waals surface area (Å²) in [6, 6.07) is 0. The Balaban J connectivity index is 2.59. The molecule has 0 unspecified atom stereocenters. The molecule has 0 bridgehead atoms. The van der Waals surface area contributed by atoms with E-state index in [-0.39, 0.29) is 11.2 Å². The molecule has 0 atom stereocenters. The van der Waals surface area contributed by atoms with E-state index in [1.54, 1.807) is 0 Å². The predicted molar refractivity (Wildman–Crippen MR) is 60.7 cm³/mol. The summed E-state index contributed by atoms with van der Waals surface area (Å²) >= 11 is 0. The summed E-state index contributed by atoms with van der Waals surface area (Å²) < 4.78 is 0.897. The maximum atomic E-state index is 11.0. The molecule has 1 aromatic rings. The van der Waals surface area contributed by atoms with Crippen molar-refractivity contribution in [1.82, 2.24) is 9.78 Å². The van der Waals surface area contributed by atoms with Crippen LogP contribution in [-0.2, 0) is 5.41 Å². The van der Waals surface area contributed by atoms with Gasteiger partial charge in [-0.05, 0) is 18.3 Å². The van der Waals surface area contributed by atoms with E-state index in [0.717, 1.165) is 28.8 Å². The summed E-state index contributed by atoms with van der Waals surface area (Å²) in [6.45, 7) is 6.08. The molecule has 0 radical (unpaired) electrons. The average Bonchev–Trinajstić information content (AvgIpc) is 2.87. The molecule has 0 aromatic carbocycles. The molecule has 0 amide bonds. The van der Waals surface area contributed by atoms with E-state index in [1.807, 2.05) is 20.8 Å². The number of hydrogen-bond donors (Lipinski definition) is 2. The van der Waals surface area contributed by atoms with Crippen LogP contribution in [-0.4, -0.2) is 21.0 Å². The number of nitrogen functional groups attached to an aromatic ring is 1. The van der Waals surface area contributed by atoms with Gasteiger partial charge < -0.3 is 10.8 Å². The molecule has 0 aliphatic heterocycles. The Morgan fingerprint density at radius 1 is 1.50 bits per heavy atom. The van der Waals surface area contributed by atoms with E-state index in [2.05, 4.69) is 5.10 Å². The summed E-state index contributed by atoms with van der Waals surface area (Å²) in [4.78, 5) is 11.0. The minimum absolute atomic E-state index is 0.171. The van der Waals surface area contributed by atoms with Gasteiger partial charge in [-0.3, -0.25) is 0 Å². The number of nitrogens with two attached hydrogens (primary N) is 1. The molecular weight excluding hydrogens is 206 g/mol. The Hall–Kier alpha value is -1.52. The molecule has 1 saturated carbocycles. The van der Waals surface area contributed by atoms with Crippen LogP contribution in [0.2, 0.25) is 0 Å². The van der Waals surface area contributed by atoms with Crippen molar-refractivity contribution in [2.75, 3.05) is 5.73 Å². The molecule has 0 saturated heterocycles. The molecule has 16 heavy (non-hydrogen) atoms. The zero-order valence-corrected chi connectivity index (χ0v) is 9.82. The number of anilines is 1. The monoisotopic (exact) mass is 223 g/mol. The first kappa shape index (κ1) is 11.0. The third-order valence-corrected chi connectivity index (χ3v) is 2.84. The fourth-order valence-corrected chi connectivity index (χ4v) is 2.01. The van der Waals surface area contributed by atoms with Crippen molar-refractivity contribution in [3.63, 3.8) is 0 Å². The van der Waals surface area contributed by atoms with Gasteiger partial charge >= 0.3 is 6.09 Å². The lowest BCUT2D eigenvalue weighted by atomic mass is 9.85. The maximum Gasteiger partial charge on any atom is 0.434 e. The van der Waals surface area contributed by atoms with Crippen molar-refractivity contribution < 1.29 is 9.90 Å². The van der Waals surface area contributed by atoms with Crippen LogP contribution in [0.1, 0.15) is 50.8 Å². The number of nitrogens with zero attached hydrogens (tertiary/aromatic N) is 2. The summed E-state index contributed by atoms with van der Waals surface area (Å²) in [5.74, 6) is 0.666. The average molecular weight is 223 g/mol. The molecule has 1 aliphatic rings. The first-order valence-corrected chi connectivity index (χ1v) is 5.44. The van der Waals surface area contributed by atoms with Gasteiger partial charge in [0.2, 0.25) is 0 Å². The summed E-state index contributed by atoms with van der Waals surface area (Å²) in [5.41, 5.74) is 7.46. The molecule has 5 nitrogen and oxygen atoms in total. The molecule has 88 valence electrons. The Morgan fingerprint density at radius 2 is 2.06 bits per heavy atom. The fraction of sp³-hybridized carbons (Fsp3) is 0.636. The van der Waals surface area contributed by atoms with E-state index in [1.165, 1.54) is 0 Å². The molecule has 1 fully saturated rings. The molecule has 0 spiro atoms. The van der Waals surface area contributed by atoms with Gasteiger partial charge in [-0.2, -0.15) is 5.10 Å². The second-order valence-corrected chi connectivity index (χ2v) is 5.36. The van der Waals surface area contributed by atoms with Crippen molar-refractivity contribution in [2.45, 2.75) is 44.9 Å². The maximum absolute atomic E-state index is 11.0. The number of hydrogen-bond acceptors (Lipinski definition) is 3. The van der Waals surface area contributed by atoms with Crippen LogP contribution in [0, 0.1) is 0 Å². The highest BCUT2D eigenvalue weighted by molar-refractivity contribution is 5.73. The first-order chi connectivity index (χ1) is 7.32. The van der Waals surface area contributed by atoms with Crippen molar-refractivity contribution in [3.8, 4) is 0 Å². The second kappa shape index (κ2) is 3.23. The summed E-state index contributed by atoms with van der Waals surface area (Å²) in [6.07, 6.45) is 1.05. The van der Waals surface area contributed by atoms with Gasteiger partial charge in [-0.25, -0.2) is 4.79 Å². The topological polar surface area (TPSA) is 81.1 Å². The molecule has 1 aromatic heterocycles. The van der Waals surface area contributed by atoms with Crippen LogP contribution in [0.15, 0.2) is 0 Å². The summed E-state index contributed by atoms with van der Waals surface area (Å²) in [5, 5.41) is 13.1. The van der Waals surface area contributed by atoms with Crippen LogP contribution in [0.5, 0.6) is 0 Å². The minimum atomic E-state index is -1.12. The van der Waals surface area contributed by atoms with Crippen molar-refractivity contribution in [1.29, 1.82) is 0 Å². The zero-order chi connectivity index (χ0) is 12.1. The smallest absolute Gasteiger partial charge is 0.434 e. The highest BCUT2D eigenvalue weighted by Crippen LogP contribution is 2.45. The van der Waals surface area contributed by atoms with E-state index in [9.17, 15) is 4.79 Å². The quantitative estimate of drug-likeness (QED) is 0.764. The molecule has 3 N–H and O–H groups in total. The SMILES string of the molecule is CC(C)(C)c1c(C2CC2)nn(C(=O)O)c1N. The van der Waals surface area contributed by atoms with Crippen molar-refractivity contribution in [2.24, 2.45) is 0 Å². The Kier molecular flexibility index (Phi) is 2.22. The van der Waals surface area contributed by atoms with Crippen LogP contribution in [0.3, 0.4) is 0 Å². The highest BCUT2D eigenvalue weighted by Gasteiger charge is 2.36. The van der Waals surface area contributed by atoms with E-state index < -0.39 is 6.09 Å². The Labute approximate surface area is 94.2 Å². The van der Waals surface area contributed by atoms with Crippen LogP contribution < -0.4 is 5.73 Å². The van der Waals surface area contributed by atoms with Crippen LogP contribution in [0.4, 0.5) is 10.6 Å². The largest absolute Gasteiger partial charge is 0.463 e.